The highest BCUT2D eigenvalue weighted by molar-refractivity contribution is 7.80. The van der Waals surface area contributed by atoms with E-state index in [2.05, 4.69) is 10.6 Å². The number of nitrogens with one attached hydrogen (secondary N) is 2. The second kappa shape index (κ2) is 14.2. The summed E-state index contributed by atoms with van der Waals surface area (Å²) in [7, 11) is 0. The minimum absolute atomic E-state index is 0.207. The lowest BCUT2D eigenvalue weighted by atomic mass is 9.96. The van der Waals surface area contributed by atoms with Crippen molar-refractivity contribution >= 4 is 39.6 Å². The van der Waals surface area contributed by atoms with E-state index in [1.807, 2.05) is 6.92 Å². The predicted octanol–water partition coefficient (Wildman–Crippen LogP) is 7.54. The second-order valence-corrected chi connectivity index (χ2v) is 10.9. The van der Waals surface area contributed by atoms with Crippen LogP contribution >= 0.6 is 23.6 Å². The first-order valence-electron chi connectivity index (χ1n) is 13.1. The van der Waals surface area contributed by atoms with Crippen LogP contribution in [-0.2, 0) is 17.6 Å². The molecular formula is C26H42N2O2S2. The van der Waals surface area contributed by atoms with Crippen molar-refractivity contribution in [2.75, 3.05) is 11.9 Å². The van der Waals surface area contributed by atoms with Crippen molar-refractivity contribution in [1.82, 2.24) is 5.32 Å². The van der Waals surface area contributed by atoms with E-state index in [9.17, 15) is 4.79 Å². The van der Waals surface area contributed by atoms with Crippen molar-refractivity contribution in [3.63, 3.8) is 0 Å². The standard InChI is InChI=1S/C26H42N2O2S2/c1-2-30-25(29)23-21-18-14-10-11-15-19-22(21)32-24(23)28-26(31)27-20-16-12-8-6-4-3-5-7-9-13-17-20/h20H,2-19H2,1H3,(H2,27,28,31). The Balaban J connectivity index is 1.68. The Kier molecular flexibility index (Phi) is 11.3. The summed E-state index contributed by atoms with van der Waals surface area (Å²) in [4.78, 5) is 14.2. The molecule has 0 spiro atoms. The molecular weight excluding hydrogens is 436 g/mol. The molecule has 0 atom stereocenters. The molecule has 0 saturated heterocycles. The smallest absolute Gasteiger partial charge is 0.341 e. The third-order valence-corrected chi connectivity index (χ3v) is 8.25. The van der Waals surface area contributed by atoms with Gasteiger partial charge in [0.1, 0.15) is 5.00 Å². The molecule has 0 aliphatic heterocycles. The minimum atomic E-state index is -0.207. The van der Waals surface area contributed by atoms with Gasteiger partial charge in [0, 0.05) is 10.9 Å². The molecule has 6 heteroatoms. The Morgan fingerprint density at radius 1 is 0.906 bits per heavy atom. The van der Waals surface area contributed by atoms with Gasteiger partial charge in [0.15, 0.2) is 5.11 Å². The molecule has 1 aromatic rings. The van der Waals surface area contributed by atoms with Crippen LogP contribution in [0.5, 0.6) is 0 Å². The SMILES string of the molecule is CCOC(=O)c1c(NC(=S)NC2CCCCCCCCCCC2)sc2c1CCCCCC2. The van der Waals surface area contributed by atoms with Crippen molar-refractivity contribution in [3.8, 4) is 0 Å². The van der Waals surface area contributed by atoms with E-state index in [-0.39, 0.29) is 5.97 Å². The number of fused-ring (bicyclic) bond motifs is 1. The van der Waals surface area contributed by atoms with Crippen molar-refractivity contribution in [3.05, 3.63) is 16.0 Å². The topological polar surface area (TPSA) is 50.4 Å². The second-order valence-electron chi connectivity index (χ2n) is 9.40. The van der Waals surface area contributed by atoms with Gasteiger partial charge in [-0.2, -0.15) is 0 Å². The molecule has 2 N–H and O–H groups in total. The third-order valence-electron chi connectivity index (χ3n) is 6.82. The van der Waals surface area contributed by atoms with Crippen molar-refractivity contribution in [2.45, 2.75) is 122 Å². The van der Waals surface area contributed by atoms with Crippen LogP contribution in [0.25, 0.3) is 0 Å². The molecule has 2 aliphatic carbocycles. The highest BCUT2D eigenvalue weighted by Crippen LogP contribution is 2.37. The molecule has 0 unspecified atom stereocenters. The largest absolute Gasteiger partial charge is 0.462 e. The van der Waals surface area contributed by atoms with E-state index < -0.39 is 0 Å². The molecule has 3 rings (SSSR count). The molecule has 4 nitrogen and oxygen atoms in total. The third kappa shape index (κ3) is 8.02. The molecule has 0 aromatic carbocycles. The number of hydrogen-bond donors (Lipinski definition) is 2. The molecule has 0 radical (unpaired) electrons. The Hall–Kier alpha value is -1.14. The van der Waals surface area contributed by atoms with Gasteiger partial charge >= 0.3 is 5.97 Å². The van der Waals surface area contributed by atoms with Crippen LogP contribution in [0.1, 0.15) is 124 Å². The van der Waals surface area contributed by atoms with Crippen molar-refractivity contribution in [2.24, 2.45) is 0 Å². The van der Waals surface area contributed by atoms with Gasteiger partial charge in [-0.1, -0.05) is 70.6 Å². The van der Waals surface area contributed by atoms with Gasteiger partial charge in [-0.15, -0.1) is 11.3 Å². The molecule has 1 heterocycles. The van der Waals surface area contributed by atoms with E-state index in [4.69, 9.17) is 17.0 Å². The van der Waals surface area contributed by atoms with E-state index in [0.29, 0.717) is 17.8 Å². The van der Waals surface area contributed by atoms with Crippen LogP contribution in [0, 0.1) is 0 Å². The summed E-state index contributed by atoms with van der Waals surface area (Å²) in [5.74, 6) is -0.207. The Morgan fingerprint density at radius 2 is 1.47 bits per heavy atom. The monoisotopic (exact) mass is 478 g/mol. The lowest BCUT2D eigenvalue weighted by Crippen LogP contribution is -2.38. The zero-order valence-corrected chi connectivity index (χ0v) is 21.6. The number of carbonyl (C=O) groups excluding carboxylic acids is 1. The lowest BCUT2D eigenvalue weighted by Gasteiger charge is -2.21. The number of hydrogen-bond acceptors (Lipinski definition) is 4. The quantitative estimate of drug-likeness (QED) is 0.346. The maximum atomic E-state index is 12.9. The number of aryl methyl sites for hydroxylation is 1. The maximum absolute atomic E-state index is 12.9. The molecule has 0 bridgehead atoms. The highest BCUT2D eigenvalue weighted by Gasteiger charge is 2.26. The predicted molar refractivity (Wildman–Crippen MR) is 140 cm³/mol. The molecule has 1 aromatic heterocycles. The fourth-order valence-electron chi connectivity index (χ4n) is 5.06. The van der Waals surface area contributed by atoms with Gasteiger partial charge in [0.25, 0.3) is 0 Å². The van der Waals surface area contributed by atoms with E-state index in [0.717, 1.165) is 29.8 Å². The van der Waals surface area contributed by atoms with Gasteiger partial charge in [-0.25, -0.2) is 4.79 Å². The summed E-state index contributed by atoms with van der Waals surface area (Å²) in [5.41, 5.74) is 1.93. The van der Waals surface area contributed by atoms with E-state index in [1.54, 1.807) is 11.3 Å². The van der Waals surface area contributed by atoms with Gasteiger partial charge in [-0.05, 0) is 63.2 Å². The van der Waals surface area contributed by atoms with E-state index in [1.165, 1.54) is 100 Å². The summed E-state index contributed by atoms with van der Waals surface area (Å²) in [6, 6.07) is 0.418. The van der Waals surface area contributed by atoms with Gasteiger partial charge in [0.05, 0.1) is 12.2 Å². The summed E-state index contributed by atoms with van der Waals surface area (Å²) < 4.78 is 5.44. The number of thiocarbonyl (C=S) groups is 1. The molecule has 32 heavy (non-hydrogen) atoms. The molecule has 1 fully saturated rings. The number of ether oxygens (including phenoxy) is 1. The summed E-state index contributed by atoms with van der Waals surface area (Å²) in [6.45, 7) is 2.27. The molecule has 0 amide bonds. The van der Waals surface area contributed by atoms with Crippen LogP contribution < -0.4 is 10.6 Å². The van der Waals surface area contributed by atoms with Crippen LogP contribution in [0.3, 0.4) is 0 Å². The van der Waals surface area contributed by atoms with E-state index >= 15 is 0 Å². The number of thiophene rings is 1. The zero-order valence-electron chi connectivity index (χ0n) is 19.9. The Morgan fingerprint density at radius 3 is 2.09 bits per heavy atom. The van der Waals surface area contributed by atoms with Crippen LogP contribution in [0.2, 0.25) is 0 Å². The van der Waals surface area contributed by atoms with Crippen LogP contribution in [0.15, 0.2) is 0 Å². The van der Waals surface area contributed by atoms with Gasteiger partial charge < -0.3 is 15.4 Å². The molecule has 1 saturated carbocycles. The highest BCUT2D eigenvalue weighted by atomic mass is 32.1. The minimum Gasteiger partial charge on any atom is -0.462 e. The Labute approximate surface area is 204 Å². The average Bonchev–Trinajstić information content (AvgIpc) is 3.06. The molecule has 180 valence electrons. The van der Waals surface area contributed by atoms with Gasteiger partial charge in [0.2, 0.25) is 0 Å². The zero-order chi connectivity index (χ0) is 22.6. The first-order valence-corrected chi connectivity index (χ1v) is 14.3. The summed E-state index contributed by atoms with van der Waals surface area (Å²) >= 11 is 7.45. The number of anilines is 1. The normalized spacial score (nSPS) is 19.4. The average molecular weight is 479 g/mol. The number of esters is 1. The summed E-state index contributed by atoms with van der Waals surface area (Å²) in [6.07, 6.45) is 21.3. The molecule has 2 aliphatic rings. The van der Waals surface area contributed by atoms with Crippen LogP contribution in [0.4, 0.5) is 5.00 Å². The first-order chi connectivity index (χ1) is 15.7. The lowest BCUT2D eigenvalue weighted by molar-refractivity contribution is 0.0526. The maximum Gasteiger partial charge on any atom is 0.341 e. The fourth-order valence-corrected chi connectivity index (χ4v) is 6.67. The van der Waals surface area contributed by atoms with Crippen molar-refractivity contribution in [1.29, 1.82) is 0 Å². The van der Waals surface area contributed by atoms with Crippen molar-refractivity contribution < 1.29 is 9.53 Å². The van der Waals surface area contributed by atoms with Gasteiger partial charge in [-0.3, -0.25) is 0 Å². The first kappa shape index (κ1) is 25.5. The summed E-state index contributed by atoms with van der Waals surface area (Å²) in [5, 5.41) is 8.55. The van der Waals surface area contributed by atoms with Crippen LogP contribution in [-0.4, -0.2) is 23.7 Å². The number of rotatable bonds is 4. The fraction of sp³-hybridized carbons (Fsp3) is 0.769. The number of carbonyl (C=O) groups is 1. The Bertz CT molecular complexity index is 720.